The van der Waals surface area contributed by atoms with Crippen molar-refractivity contribution < 1.29 is 22.7 Å². The fraction of sp³-hybridized carbons (Fsp3) is 0.417. The molecule has 0 spiro atoms. The summed E-state index contributed by atoms with van der Waals surface area (Å²) in [6, 6.07) is 0.530. The van der Waals surface area contributed by atoms with Crippen LogP contribution in [0.3, 0.4) is 0 Å². The van der Waals surface area contributed by atoms with Gasteiger partial charge in [-0.05, 0) is 12.5 Å². The van der Waals surface area contributed by atoms with E-state index in [4.69, 9.17) is 4.74 Å². The largest absolute Gasteiger partial charge is 0.431 e. The lowest BCUT2D eigenvalue weighted by Crippen LogP contribution is -2.39. The van der Waals surface area contributed by atoms with E-state index in [2.05, 4.69) is 11.9 Å². The van der Waals surface area contributed by atoms with Gasteiger partial charge in [0, 0.05) is 12.8 Å². The fourth-order valence-electron chi connectivity index (χ4n) is 1.94. The summed E-state index contributed by atoms with van der Waals surface area (Å²) in [4.78, 5) is 13.9. The van der Waals surface area contributed by atoms with Crippen molar-refractivity contribution in [3.63, 3.8) is 0 Å². The molecule has 1 saturated heterocycles. The molecule has 0 unspecified atom stereocenters. The van der Waals surface area contributed by atoms with Crippen LogP contribution in [0.4, 0.5) is 13.2 Å². The number of ether oxygens (including phenoxy) is 1. The van der Waals surface area contributed by atoms with Gasteiger partial charge in [0.1, 0.15) is 5.69 Å². The number of aromatic amines is 1. The van der Waals surface area contributed by atoms with Gasteiger partial charge in [-0.3, -0.25) is 4.79 Å². The van der Waals surface area contributed by atoms with Gasteiger partial charge in [0.2, 0.25) is 0 Å². The van der Waals surface area contributed by atoms with Gasteiger partial charge < -0.3 is 15.0 Å². The van der Waals surface area contributed by atoms with Gasteiger partial charge in [0.15, 0.2) is 0 Å². The molecule has 1 aromatic heterocycles. The first-order valence-electron chi connectivity index (χ1n) is 5.72. The topological polar surface area (TPSA) is 54.1 Å². The number of nitrogens with one attached hydrogen (secondary N) is 2. The summed E-state index contributed by atoms with van der Waals surface area (Å²) in [6.07, 6.45) is -1.57. The van der Waals surface area contributed by atoms with E-state index in [1.54, 1.807) is 6.08 Å². The SMILES string of the molecule is C=C[C@@H]1OCC[C@H]1NC(=O)c1c[nH]c(C(F)(F)F)c1. The van der Waals surface area contributed by atoms with Gasteiger partial charge in [0.05, 0.1) is 17.7 Å². The van der Waals surface area contributed by atoms with Crippen LogP contribution in [0.2, 0.25) is 0 Å². The molecule has 104 valence electrons. The number of aromatic nitrogens is 1. The van der Waals surface area contributed by atoms with Crippen LogP contribution in [0.25, 0.3) is 0 Å². The molecule has 0 bridgehead atoms. The number of rotatable bonds is 3. The van der Waals surface area contributed by atoms with E-state index in [0.29, 0.717) is 13.0 Å². The molecule has 1 amide bonds. The fourth-order valence-corrected chi connectivity index (χ4v) is 1.94. The van der Waals surface area contributed by atoms with Crippen LogP contribution < -0.4 is 5.32 Å². The normalized spacial score (nSPS) is 23.3. The second-order valence-corrected chi connectivity index (χ2v) is 4.24. The predicted octanol–water partition coefficient (Wildman–Crippen LogP) is 2.11. The molecule has 1 aromatic rings. The first-order chi connectivity index (χ1) is 8.91. The van der Waals surface area contributed by atoms with Gasteiger partial charge >= 0.3 is 6.18 Å². The second kappa shape index (κ2) is 5.08. The average Bonchev–Trinajstić information content (AvgIpc) is 2.95. The van der Waals surface area contributed by atoms with E-state index < -0.39 is 17.8 Å². The molecule has 0 aliphatic carbocycles. The number of alkyl halides is 3. The number of carbonyl (C=O) groups excluding carboxylic acids is 1. The van der Waals surface area contributed by atoms with Crippen molar-refractivity contribution in [2.24, 2.45) is 0 Å². The Morgan fingerprint density at radius 3 is 2.89 bits per heavy atom. The summed E-state index contributed by atoms with van der Waals surface area (Å²) >= 11 is 0. The third-order valence-electron chi connectivity index (χ3n) is 2.94. The van der Waals surface area contributed by atoms with Crippen molar-refractivity contribution in [1.29, 1.82) is 0 Å². The summed E-state index contributed by atoms with van der Waals surface area (Å²) in [7, 11) is 0. The Kier molecular flexibility index (Phi) is 3.66. The minimum atomic E-state index is -4.49. The molecule has 7 heteroatoms. The van der Waals surface area contributed by atoms with E-state index in [0.717, 1.165) is 12.3 Å². The Labute approximate surface area is 107 Å². The van der Waals surface area contributed by atoms with Gasteiger partial charge in [0.25, 0.3) is 5.91 Å². The molecular weight excluding hydrogens is 261 g/mol. The summed E-state index contributed by atoms with van der Waals surface area (Å²) in [6.45, 7) is 4.07. The Balaban J connectivity index is 2.04. The van der Waals surface area contributed by atoms with Crippen LogP contribution in [-0.4, -0.2) is 29.6 Å². The van der Waals surface area contributed by atoms with Crippen LogP contribution in [0.1, 0.15) is 22.5 Å². The zero-order valence-electron chi connectivity index (χ0n) is 9.96. The lowest BCUT2D eigenvalue weighted by molar-refractivity contribution is -0.140. The lowest BCUT2D eigenvalue weighted by Gasteiger charge is -2.16. The van der Waals surface area contributed by atoms with Crippen LogP contribution in [0.5, 0.6) is 0 Å². The average molecular weight is 274 g/mol. The number of halogens is 3. The number of hydrogen-bond donors (Lipinski definition) is 2. The maximum Gasteiger partial charge on any atom is 0.431 e. The third-order valence-corrected chi connectivity index (χ3v) is 2.94. The van der Waals surface area contributed by atoms with E-state index in [1.807, 2.05) is 4.98 Å². The molecule has 4 nitrogen and oxygen atoms in total. The summed E-state index contributed by atoms with van der Waals surface area (Å²) in [5.41, 5.74) is -0.998. The summed E-state index contributed by atoms with van der Waals surface area (Å²) < 4.78 is 42.5. The Bertz CT molecular complexity index is 482. The minimum absolute atomic E-state index is 0.0537. The Hall–Kier alpha value is -1.76. The van der Waals surface area contributed by atoms with Crippen LogP contribution in [0.15, 0.2) is 24.9 Å². The molecule has 1 aliphatic rings. The molecule has 2 atom stereocenters. The molecule has 0 aromatic carbocycles. The van der Waals surface area contributed by atoms with Crippen LogP contribution >= 0.6 is 0 Å². The van der Waals surface area contributed by atoms with Crippen molar-refractivity contribution in [1.82, 2.24) is 10.3 Å². The zero-order valence-corrected chi connectivity index (χ0v) is 9.96. The van der Waals surface area contributed by atoms with Gasteiger partial charge in [-0.15, -0.1) is 6.58 Å². The maximum absolute atomic E-state index is 12.4. The highest BCUT2D eigenvalue weighted by atomic mass is 19.4. The molecule has 2 heterocycles. The van der Waals surface area contributed by atoms with Crippen molar-refractivity contribution >= 4 is 5.91 Å². The number of carbonyl (C=O) groups is 1. The van der Waals surface area contributed by atoms with Crippen LogP contribution in [-0.2, 0) is 10.9 Å². The Morgan fingerprint density at radius 2 is 2.32 bits per heavy atom. The van der Waals surface area contributed by atoms with Crippen molar-refractivity contribution in [2.45, 2.75) is 24.7 Å². The van der Waals surface area contributed by atoms with Gasteiger partial charge in [-0.25, -0.2) is 0 Å². The van der Waals surface area contributed by atoms with E-state index in [9.17, 15) is 18.0 Å². The standard InChI is InChI=1S/C12H13F3N2O2/c1-2-9-8(3-4-19-9)17-11(18)7-5-10(16-6-7)12(13,14)15/h2,5-6,8-9,16H,1,3-4H2,(H,17,18)/t8-,9+/m1/s1. The second-order valence-electron chi connectivity index (χ2n) is 4.24. The monoisotopic (exact) mass is 274 g/mol. The van der Waals surface area contributed by atoms with Crippen molar-refractivity contribution in [2.75, 3.05) is 6.61 Å². The molecule has 0 saturated carbocycles. The Morgan fingerprint density at radius 1 is 1.58 bits per heavy atom. The molecule has 2 rings (SSSR count). The third kappa shape index (κ3) is 2.98. The minimum Gasteiger partial charge on any atom is -0.372 e. The molecule has 1 fully saturated rings. The zero-order chi connectivity index (χ0) is 14.0. The maximum atomic E-state index is 12.4. The van der Waals surface area contributed by atoms with Crippen molar-refractivity contribution in [3.8, 4) is 0 Å². The van der Waals surface area contributed by atoms with Gasteiger partial charge in [-0.2, -0.15) is 13.2 Å². The number of amides is 1. The summed E-state index contributed by atoms with van der Waals surface area (Å²) in [5.74, 6) is -0.561. The van der Waals surface area contributed by atoms with Crippen molar-refractivity contribution in [3.05, 3.63) is 36.2 Å². The molecule has 19 heavy (non-hydrogen) atoms. The quantitative estimate of drug-likeness (QED) is 0.829. The smallest absolute Gasteiger partial charge is 0.372 e. The van der Waals surface area contributed by atoms with E-state index in [1.165, 1.54) is 0 Å². The highest BCUT2D eigenvalue weighted by Gasteiger charge is 2.33. The molecule has 1 aliphatic heterocycles. The number of H-pyrrole nitrogens is 1. The molecule has 0 radical (unpaired) electrons. The highest BCUT2D eigenvalue weighted by Crippen LogP contribution is 2.28. The van der Waals surface area contributed by atoms with E-state index in [-0.39, 0.29) is 17.7 Å². The molecular formula is C12H13F3N2O2. The number of hydrogen-bond acceptors (Lipinski definition) is 2. The van der Waals surface area contributed by atoms with E-state index >= 15 is 0 Å². The van der Waals surface area contributed by atoms with Gasteiger partial charge in [-0.1, -0.05) is 6.08 Å². The highest BCUT2D eigenvalue weighted by molar-refractivity contribution is 5.94. The van der Waals surface area contributed by atoms with Crippen LogP contribution in [0, 0.1) is 0 Å². The predicted molar refractivity (Wildman–Crippen MR) is 61.6 cm³/mol. The first kappa shape index (κ1) is 13.7. The summed E-state index contributed by atoms with van der Waals surface area (Å²) in [5, 5.41) is 2.64. The first-order valence-corrected chi connectivity index (χ1v) is 5.72. The molecule has 2 N–H and O–H groups in total. The lowest BCUT2D eigenvalue weighted by atomic mass is 10.1.